The van der Waals surface area contributed by atoms with E-state index in [9.17, 15) is 14.4 Å². The van der Waals surface area contributed by atoms with Gasteiger partial charge in [0, 0.05) is 0 Å². The van der Waals surface area contributed by atoms with Gasteiger partial charge in [-0.2, -0.15) is 0 Å². The molecular weight excluding hydrogens is 200 g/mol. The maximum absolute atomic E-state index is 11.4. The normalized spacial score (nSPS) is 12.3. The summed E-state index contributed by atoms with van der Waals surface area (Å²) in [5.74, 6) is -4.57. The van der Waals surface area contributed by atoms with Gasteiger partial charge in [0.1, 0.15) is 5.92 Å². The first-order valence-corrected chi connectivity index (χ1v) is 4.83. The predicted molar refractivity (Wildman–Crippen MR) is 52.2 cm³/mol. The minimum Gasteiger partial charge on any atom is -0.481 e. The maximum Gasteiger partial charge on any atom is 0.375 e. The second-order valence-electron chi connectivity index (χ2n) is 3.61. The van der Waals surface area contributed by atoms with E-state index in [2.05, 4.69) is 4.74 Å². The molecule has 0 saturated carbocycles. The Hall–Kier alpha value is -1.39. The van der Waals surface area contributed by atoms with Crippen molar-refractivity contribution in [1.29, 1.82) is 0 Å². The van der Waals surface area contributed by atoms with E-state index < -0.39 is 23.6 Å². The Morgan fingerprint density at radius 2 is 1.80 bits per heavy atom. The summed E-state index contributed by atoms with van der Waals surface area (Å²) in [7, 11) is 0. The zero-order valence-electron chi connectivity index (χ0n) is 9.15. The molecule has 86 valence electrons. The summed E-state index contributed by atoms with van der Waals surface area (Å²) in [6.45, 7) is 5.20. The van der Waals surface area contributed by atoms with Gasteiger partial charge in [0.15, 0.2) is 0 Å². The molecule has 0 spiro atoms. The highest BCUT2D eigenvalue weighted by Crippen LogP contribution is 2.13. The standard InChI is InChI=1S/C10H16O5/c1-4-15-10(14)8(11)7(9(12)13)5-6(2)3/h6-7H,4-5H2,1-3H3,(H,12,13). The summed E-state index contributed by atoms with van der Waals surface area (Å²) in [4.78, 5) is 33.1. The molecule has 0 amide bonds. The number of hydrogen-bond acceptors (Lipinski definition) is 4. The van der Waals surface area contributed by atoms with Gasteiger partial charge in [-0.15, -0.1) is 0 Å². The van der Waals surface area contributed by atoms with Crippen LogP contribution in [0.5, 0.6) is 0 Å². The first-order chi connectivity index (χ1) is 6.90. The summed E-state index contributed by atoms with van der Waals surface area (Å²) >= 11 is 0. The largest absolute Gasteiger partial charge is 0.481 e. The number of carboxylic acid groups (broad SMARTS) is 1. The fraction of sp³-hybridized carbons (Fsp3) is 0.700. The predicted octanol–water partition coefficient (Wildman–Crippen LogP) is 0.866. The van der Waals surface area contributed by atoms with Crippen molar-refractivity contribution in [3.63, 3.8) is 0 Å². The molecule has 0 aromatic heterocycles. The molecule has 0 aliphatic carbocycles. The minimum atomic E-state index is -1.29. The second kappa shape index (κ2) is 6.16. The quantitative estimate of drug-likeness (QED) is 0.404. The molecule has 5 nitrogen and oxygen atoms in total. The fourth-order valence-corrected chi connectivity index (χ4v) is 1.14. The fourth-order valence-electron chi connectivity index (χ4n) is 1.14. The molecule has 1 atom stereocenters. The van der Waals surface area contributed by atoms with E-state index in [1.165, 1.54) is 0 Å². The zero-order valence-corrected chi connectivity index (χ0v) is 9.15. The summed E-state index contributed by atoms with van der Waals surface area (Å²) in [5.41, 5.74) is 0. The highest BCUT2D eigenvalue weighted by molar-refractivity contribution is 6.37. The summed E-state index contributed by atoms with van der Waals surface area (Å²) in [6, 6.07) is 0. The van der Waals surface area contributed by atoms with Crippen molar-refractivity contribution in [1.82, 2.24) is 0 Å². The van der Waals surface area contributed by atoms with Crippen LogP contribution in [0.1, 0.15) is 27.2 Å². The lowest BCUT2D eigenvalue weighted by Crippen LogP contribution is -2.32. The second-order valence-corrected chi connectivity index (χ2v) is 3.61. The van der Waals surface area contributed by atoms with Crippen molar-refractivity contribution in [2.24, 2.45) is 11.8 Å². The molecule has 0 fully saturated rings. The van der Waals surface area contributed by atoms with Crippen molar-refractivity contribution >= 4 is 17.7 Å². The molecule has 1 N–H and O–H groups in total. The molecule has 0 heterocycles. The number of ether oxygens (including phenoxy) is 1. The highest BCUT2D eigenvalue weighted by Gasteiger charge is 2.32. The van der Waals surface area contributed by atoms with Gasteiger partial charge >= 0.3 is 11.9 Å². The third-order valence-electron chi connectivity index (χ3n) is 1.80. The number of esters is 1. The van der Waals surface area contributed by atoms with Gasteiger partial charge in [-0.25, -0.2) is 4.79 Å². The first kappa shape index (κ1) is 13.6. The van der Waals surface area contributed by atoms with Crippen LogP contribution in [0.25, 0.3) is 0 Å². The van der Waals surface area contributed by atoms with E-state index >= 15 is 0 Å². The molecule has 0 aliphatic heterocycles. The first-order valence-electron chi connectivity index (χ1n) is 4.83. The Labute approximate surface area is 88.4 Å². The summed E-state index contributed by atoms with van der Waals surface area (Å²) in [5, 5.41) is 8.78. The Morgan fingerprint density at radius 1 is 1.27 bits per heavy atom. The van der Waals surface area contributed by atoms with Gasteiger partial charge in [0.25, 0.3) is 5.78 Å². The van der Waals surface area contributed by atoms with E-state index in [0.717, 1.165) is 0 Å². The molecule has 0 aromatic rings. The number of carbonyl (C=O) groups is 3. The smallest absolute Gasteiger partial charge is 0.375 e. The molecule has 0 aromatic carbocycles. The molecular formula is C10H16O5. The van der Waals surface area contributed by atoms with Gasteiger partial charge in [0.05, 0.1) is 6.61 Å². The van der Waals surface area contributed by atoms with Crippen LogP contribution in [0, 0.1) is 11.8 Å². The van der Waals surface area contributed by atoms with Crippen molar-refractivity contribution in [2.45, 2.75) is 27.2 Å². The molecule has 0 aliphatic rings. The third kappa shape index (κ3) is 4.58. The van der Waals surface area contributed by atoms with E-state index in [0.29, 0.717) is 0 Å². The number of rotatable bonds is 6. The van der Waals surface area contributed by atoms with Crippen LogP contribution in [0.15, 0.2) is 0 Å². The molecule has 15 heavy (non-hydrogen) atoms. The Morgan fingerprint density at radius 3 is 2.13 bits per heavy atom. The number of aliphatic carboxylic acids is 1. The Kier molecular flexibility index (Phi) is 5.59. The van der Waals surface area contributed by atoms with Crippen LogP contribution in [-0.2, 0) is 19.1 Å². The SMILES string of the molecule is CCOC(=O)C(=O)C(CC(C)C)C(=O)O. The van der Waals surface area contributed by atoms with Crippen molar-refractivity contribution < 1.29 is 24.2 Å². The van der Waals surface area contributed by atoms with Gasteiger partial charge in [0.2, 0.25) is 0 Å². The van der Waals surface area contributed by atoms with Crippen molar-refractivity contribution in [3.05, 3.63) is 0 Å². The topological polar surface area (TPSA) is 80.7 Å². The number of carboxylic acids is 1. The number of hydrogen-bond donors (Lipinski definition) is 1. The Balaban J connectivity index is 4.55. The molecule has 0 bridgehead atoms. The monoisotopic (exact) mass is 216 g/mol. The minimum absolute atomic E-state index is 0.0319. The van der Waals surface area contributed by atoms with E-state index in [1.807, 2.05) is 0 Å². The van der Waals surface area contributed by atoms with Crippen LogP contribution >= 0.6 is 0 Å². The molecule has 0 rings (SSSR count). The number of Topliss-reactive ketones (excluding diaryl/α,β-unsaturated/α-hetero) is 1. The summed E-state index contributed by atoms with van der Waals surface area (Å²) < 4.78 is 4.46. The number of carbonyl (C=O) groups excluding carboxylic acids is 2. The lowest BCUT2D eigenvalue weighted by Gasteiger charge is -2.12. The van der Waals surface area contributed by atoms with Gasteiger partial charge in [-0.3, -0.25) is 9.59 Å². The van der Waals surface area contributed by atoms with E-state index in [4.69, 9.17) is 5.11 Å². The van der Waals surface area contributed by atoms with Gasteiger partial charge < -0.3 is 9.84 Å². The van der Waals surface area contributed by atoms with Crippen LogP contribution in [-0.4, -0.2) is 29.4 Å². The lowest BCUT2D eigenvalue weighted by molar-refractivity contribution is -0.160. The third-order valence-corrected chi connectivity index (χ3v) is 1.80. The van der Waals surface area contributed by atoms with Gasteiger partial charge in [-0.05, 0) is 19.3 Å². The van der Waals surface area contributed by atoms with Crippen molar-refractivity contribution in [3.8, 4) is 0 Å². The number of ketones is 1. The lowest BCUT2D eigenvalue weighted by atomic mass is 9.93. The highest BCUT2D eigenvalue weighted by atomic mass is 16.5. The summed E-state index contributed by atoms with van der Waals surface area (Å²) in [6.07, 6.45) is 0.146. The van der Waals surface area contributed by atoms with E-state index in [-0.39, 0.29) is 18.9 Å². The maximum atomic E-state index is 11.4. The van der Waals surface area contributed by atoms with Crippen molar-refractivity contribution in [2.75, 3.05) is 6.61 Å². The van der Waals surface area contributed by atoms with Gasteiger partial charge in [-0.1, -0.05) is 13.8 Å². The average molecular weight is 216 g/mol. The molecule has 5 heteroatoms. The van der Waals surface area contributed by atoms with Crippen LogP contribution in [0.2, 0.25) is 0 Å². The Bertz CT molecular complexity index is 257. The van der Waals surface area contributed by atoms with Crippen LogP contribution in [0.4, 0.5) is 0 Å². The zero-order chi connectivity index (χ0) is 12.0. The van der Waals surface area contributed by atoms with E-state index in [1.54, 1.807) is 20.8 Å². The molecule has 1 unspecified atom stereocenters. The molecule has 0 radical (unpaired) electrons. The molecule has 0 saturated heterocycles. The van der Waals surface area contributed by atoms with Crippen LogP contribution < -0.4 is 0 Å². The average Bonchev–Trinajstić information content (AvgIpc) is 2.12. The van der Waals surface area contributed by atoms with Crippen LogP contribution in [0.3, 0.4) is 0 Å².